The van der Waals surface area contributed by atoms with Crippen molar-refractivity contribution in [1.29, 1.82) is 0 Å². The van der Waals surface area contributed by atoms with Gasteiger partial charge in [0, 0.05) is 22.6 Å². The Balaban J connectivity index is 1.45. The molecule has 29 heavy (non-hydrogen) atoms. The SMILES string of the molecule is Cc1cc(C)cc(-n2c(C)cc(C=NN3C(=O)C4C5C=CC(C5)C4C3=O)c2C)c1. The van der Waals surface area contributed by atoms with E-state index in [1.165, 1.54) is 11.1 Å². The molecule has 2 aromatic rings. The van der Waals surface area contributed by atoms with Gasteiger partial charge < -0.3 is 4.57 Å². The first-order valence-electron chi connectivity index (χ1n) is 10.2. The minimum absolute atomic E-state index is 0.142. The van der Waals surface area contributed by atoms with E-state index < -0.39 is 0 Å². The molecule has 1 aromatic heterocycles. The van der Waals surface area contributed by atoms with E-state index in [2.05, 4.69) is 60.8 Å². The fourth-order valence-corrected chi connectivity index (χ4v) is 5.52. The Labute approximate surface area is 170 Å². The maximum Gasteiger partial charge on any atom is 0.254 e. The highest BCUT2D eigenvalue weighted by Gasteiger charge is 2.59. The Morgan fingerprint density at radius 1 is 0.897 bits per heavy atom. The molecule has 1 aliphatic heterocycles. The first-order chi connectivity index (χ1) is 13.8. The molecule has 4 atom stereocenters. The highest BCUT2D eigenvalue weighted by molar-refractivity contribution is 6.06. The summed E-state index contributed by atoms with van der Waals surface area (Å²) < 4.78 is 2.19. The van der Waals surface area contributed by atoms with Crippen LogP contribution >= 0.6 is 0 Å². The Kier molecular flexibility index (Phi) is 3.92. The lowest BCUT2D eigenvalue weighted by atomic mass is 9.85. The molecule has 0 N–H and O–H groups in total. The van der Waals surface area contributed by atoms with Gasteiger partial charge in [0.15, 0.2) is 0 Å². The lowest BCUT2D eigenvalue weighted by molar-refractivity contribution is -0.140. The summed E-state index contributed by atoms with van der Waals surface area (Å²) in [6, 6.07) is 8.52. The van der Waals surface area contributed by atoms with Crippen molar-refractivity contribution < 1.29 is 9.59 Å². The number of fused-ring (bicyclic) bond motifs is 5. The molecule has 2 aliphatic carbocycles. The van der Waals surface area contributed by atoms with Crippen molar-refractivity contribution in [3.05, 3.63) is 64.5 Å². The summed E-state index contributed by atoms with van der Waals surface area (Å²) in [5.41, 5.74) is 6.59. The Bertz CT molecular complexity index is 1060. The van der Waals surface area contributed by atoms with Crippen molar-refractivity contribution in [3.8, 4) is 5.69 Å². The number of aryl methyl sites for hydroxylation is 3. The molecule has 2 amide bonds. The molecule has 0 spiro atoms. The minimum atomic E-state index is -0.211. The highest BCUT2D eigenvalue weighted by atomic mass is 16.2. The third-order valence-electron chi connectivity index (χ3n) is 6.69. The zero-order valence-electron chi connectivity index (χ0n) is 17.2. The predicted molar refractivity (Wildman–Crippen MR) is 112 cm³/mol. The molecule has 148 valence electrons. The molecule has 1 saturated heterocycles. The number of rotatable bonds is 3. The number of benzene rings is 1. The van der Waals surface area contributed by atoms with Crippen LogP contribution in [0.5, 0.6) is 0 Å². The van der Waals surface area contributed by atoms with Gasteiger partial charge in [0.2, 0.25) is 0 Å². The molecule has 5 nitrogen and oxygen atoms in total. The van der Waals surface area contributed by atoms with E-state index in [4.69, 9.17) is 0 Å². The number of aromatic nitrogens is 1. The molecule has 2 heterocycles. The molecular weight excluding hydrogens is 362 g/mol. The largest absolute Gasteiger partial charge is 0.318 e. The van der Waals surface area contributed by atoms with E-state index in [0.29, 0.717) is 0 Å². The topological polar surface area (TPSA) is 54.7 Å². The van der Waals surface area contributed by atoms with Gasteiger partial charge in [-0.15, -0.1) is 0 Å². The summed E-state index contributed by atoms with van der Waals surface area (Å²) in [6.45, 7) is 8.29. The van der Waals surface area contributed by atoms with Gasteiger partial charge >= 0.3 is 0 Å². The fraction of sp³-hybridized carbons (Fsp3) is 0.375. The molecule has 3 aliphatic rings. The number of hydrogen-bond acceptors (Lipinski definition) is 3. The molecule has 4 unspecified atom stereocenters. The Hall–Kier alpha value is -2.95. The van der Waals surface area contributed by atoms with Gasteiger partial charge in [-0.05, 0) is 75.3 Å². The average Bonchev–Trinajstić information content (AvgIpc) is 3.38. The third kappa shape index (κ3) is 2.64. The van der Waals surface area contributed by atoms with Gasteiger partial charge in [-0.3, -0.25) is 9.59 Å². The maximum absolute atomic E-state index is 12.8. The molecule has 2 bridgehead atoms. The van der Waals surface area contributed by atoms with Crippen LogP contribution in [0.3, 0.4) is 0 Å². The van der Waals surface area contributed by atoms with Crippen molar-refractivity contribution in [2.75, 3.05) is 0 Å². The van der Waals surface area contributed by atoms with Gasteiger partial charge in [0.25, 0.3) is 11.8 Å². The number of imide groups is 1. The second kappa shape index (κ2) is 6.28. The van der Waals surface area contributed by atoms with Gasteiger partial charge in [-0.2, -0.15) is 10.1 Å². The van der Waals surface area contributed by atoms with Crippen LogP contribution < -0.4 is 0 Å². The Morgan fingerprint density at radius 3 is 2.07 bits per heavy atom. The number of allylic oxidation sites excluding steroid dienone is 2. The van der Waals surface area contributed by atoms with E-state index in [-0.39, 0.29) is 35.5 Å². The van der Waals surface area contributed by atoms with Crippen LogP contribution in [0.15, 0.2) is 41.5 Å². The average molecular weight is 387 g/mol. The van der Waals surface area contributed by atoms with E-state index in [9.17, 15) is 9.59 Å². The van der Waals surface area contributed by atoms with Crippen LogP contribution in [0.1, 0.15) is 34.5 Å². The lowest BCUT2D eigenvalue weighted by Crippen LogP contribution is -2.28. The summed E-state index contributed by atoms with van der Waals surface area (Å²) in [7, 11) is 0. The van der Waals surface area contributed by atoms with Crippen LogP contribution in [0.4, 0.5) is 0 Å². The van der Waals surface area contributed by atoms with E-state index in [1.807, 2.05) is 13.0 Å². The first-order valence-corrected chi connectivity index (χ1v) is 10.2. The standard InChI is InChI=1S/C24H25N3O2/c1-13-7-14(2)9-20(8-13)26-15(3)10-19(16(26)4)12-25-27-23(28)21-17-5-6-18(11-17)22(21)24(27)29/h5-10,12,17-18,21-22H,11H2,1-4H3. The van der Waals surface area contributed by atoms with Crippen molar-refractivity contribution in [2.24, 2.45) is 28.8 Å². The highest BCUT2D eigenvalue weighted by Crippen LogP contribution is 2.52. The summed E-state index contributed by atoms with van der Waals surface area (Å²) in [4.78, 5) is 25.6. The quantitative estimate of drug-likeness (QED) is 0.456. The van der Waals surface area contributed by atoms with Gasteiger partial charge in [0.05, 0.1) is 18.1 Å². The zero-order valence-corrected chi connectivity index (χ0v) is 17.2. The van der Waals surface area contributed by atoms with Crippen LogP contribution in [0, 0.1) is 51.4 Å². The number of hydrazone groups is 1. The second-order valence-corrected chi connectivity index (χ2v) is 8.74. The molecule has 1 saturated carbocycles. The van der Waals surface area contributed by atoms with Gasteiger partial charge in [0.1, 0.15) is 0 Å². The van der Waals surface area contributed by atoms with Gasteiger partial charge in [-0.25, -0.2) is 0 Å². The zero-order chi connectivity index (χ0) is 20.4. The predicted octanol–water partition coefficient (Wildman–Crippen LogP) is 3.85. The summed E-state index contributed by atoms with van der Waals surface area (Å²) >= 11 is 0. The number of nitrogens with zero attached hydrogens (tertiary/aromatic N) is 3. The molecule has 0 radical (unpaired) electrons. The molecule has 2 fully saturated rings. The lowest BCUT2D eigenvalue weighted by Gasteiger charge is -2.13. The fourth-order valence-electron chi connectivity index (χ4n) is 5.52. The smallest absolute Gasteiger partial charge is 0.254 e. The van der Waals surface area contributed by atoms with Gasteiger partial charge in [-0.1, -0.05) is 18.2 Å². The van der Waals surface area contributed by atoms with E-state index in [1.54, 1.807) is 6.21 Å². The number of amides is 2. The van der Waals surface area contributed by atoms with Crippen LogP contribution in [0.2, 0.25) is 0 Å². The molecule has 5 rings (SSSR count). The number of hydrogen-bond donors (Lipinski definition) is 0. The number of carbonyl (C=O) groups is 2. The van der Waals surface area contributed by atoms with Crippen molar-refractivity contribution in [1.82, 2.24) is 9.58 Å². The third-order valence-corrected chi connectivity index (χ3v) is 6.69. The monoisotopic (exact) mass is 387 g/mol. The Morgan fingerprint density at radius 2 is 1.48 bits per heavy atom. The summed E-state index contributed by atoms with van der Waals surface area (Å²) in [5, 5.41) is 5.46. The molecular formula is C24H25N3O2. The van der Waals surface area contributed by atoms with Crippen LogP contribution in [0.25, 0.3) is 5.69 Å². The number of carbonyl (C=O) groups excluding carboxylic acids is 2. The second-order valence-electron chi connectivity index (χ2n) is 8.74. The normalized spacial score (nSPS) is 27.7. The summed E-state index contributed by atoms with van der Waals surface area (Å²) in [5.74, 6) is -0.297. The van der Waals surface area contributed by atoms with E-state index >= 15 is 0 Å². The van der Waals surface area contributed by atoms with Crippen molar-refractivity contribution >= 4 is 18.0 Å². The van der Waals surface area contributed by atoms with Crippen LogP contribution in [-0.2, 0) is 9.59 Å². The summed E-state index contributed by atoms with van der Waals surface area (Å²) in [6.07, 6.45) is 6.79. The first kappa shape index (κ1) is 18.1. The molecule has 1 aromatic carbocycles. The van der Waals surface area contributed by atoms with E-state index in [0.717, 1.165) is 34.1 Å². The van der Waals surface area contributed by atoms with Crippen molar-refractivity contribution in [2.45, 2.75) is 34.1 Å². The van der Waals surface area contributed by atoms with Crippen LogP contribution in [-0.4, -0.2) is 27.6 Å². The maximum atomic E-state index is 12.8. The van der Waals surface area contributed by atoms with Crippen molar-refractivity contribution in [3.63, 3.8) is 0 Å². The molecule has 5 heteroatoms. The minimum Gasteiger partial charge on any atom is -0.318 e.